The number of amides is 1. The van der Waals surface area contributed by atoms with Gasteiger partial charge in [0.1, 0.15) is 18.2 Å². The second-order valence-electron chi connectivity index (χ2n) is 3.40. The van der Waals surface area contributed by atoms with Crippen LogP contribution in [0.25, 0.3) is 0 Å². The van der Waals surface area contributed by atoms with Gasteiger partial charge in [0, 0.05) is 11.3 Å². The van der Waals surface area contributed by atoms with E-state index in [2.05, 4.69) is 10.1 Å². The SMILES string of the molecule is NC(=S)c1ccc(NC(=O)COCC(F)F)cc1. The highest BCUT2D eigenvalue weighted by atomic mass is 32.1. The number of nitrogens with two attached hydrogens (primary N) is 1. The normalized spacial score (nSPS) is 10.4. The number of rotatable bonds is 6. The maximum Gasteiger partial charge on any atom is 0.261 e. The minimum atomic E-state index is -2.58. The molecule has 0 aliphatic rings. The first kappa shape index (κ1) is 14.5. The monoisotopic (exact) mass is 274 g/mol. The lowest BCUT2D eigenvalue weighted by Gasteiger charge is -2.06. The fourth-order valence-electron chi connectivity index (χ4n) is 1.16. The average molecular weight is 274 g/mol. The molecule has 0 aliphatic carbocycles. The summed E-state index contributed by atoms with van der Waals surface area (Å²) in [6.07, 6.45) is -2.58. The van der Waals surface area contributed by atoms with Crippen LogP contribution in [0, 0.1) is 0 Å². The summed E-state index contributed by atoms with van der Waals surface area (Å²) in [6, 6.07) is 6.52. The molecule has 0 aliphatic heterocycles. The van der Waals surface area contributed by atoms with Crippen LogP contribution in [0.15, 0.2) is 24.3 Å². The van der Waals surface area contributed by atoms with Crippen molar-refractivity contribution in [1.82, 2.24) is 0 Å². The van der Waals surface area contributed by atoms with E-state index in [1.165, 1.54) is 0 Å². The molecule has 98 valence electrons. The molecule has 7 heteroatoms. The summed E-state index contributed by atoms with van der Waals surface area (Å²) in [4.78, 5) is 11.5. The number of halogens is 2. The highest BCUT2D eigenvalue weighted by Crippen LogP contribution is 2.09. The van der Waals surface area contributed by atoms with Crippen LogP contribution in [0.4, 0.5) is 14.5 Å². The van der Waals surface area contributed by atoms with E-state index >= 15 is 0 Å². The molecule has 0 spiro atoms. The zero-order valence-electron chi connectivity index (χ0n) is 9.36. The summed E-state index contributed by atoms with van der Waals surface area (Å²) in [5.74, 6) is -0.501. The van der Waals surface area contributed by atoms with E-state index in [9.17, 15) is 13.6 Å². The standard InChI is InChI=1S/C11H12F2N2O2S/c12-9(13)5-17-6-10(16)15-8-3-1-7(2-4-8)11(14)18/h1-4,9H,5-6H2,(H2,14,18)(H,15,16). The van der Waals surface area contributed by atoms with E-state index in [1.807, 2.05) is 0 Å². The summed E-state index contributed by atoms with van der Waals surface area (Å²) >= 11 is 4.77. The van der Waals surface area contributed by atoms with E-state index in [1.54, 1.807) is 24.3 Å². The number of nitrogens with one attached hydrogen (secondary N) is 1. The number of ether oxygens (including phenoxy) is 1. The quantitative estimate of drug-likeness (QED) is 0.772. The fourth-order valence-corrected chi connectivity index (χ4v) is 1.29. The molecule has 0 bridgehead atoms. The van der Waals surface area contributed by atoms with Crippen molar-refractivity contribution in [2.75, 3.05) is 18.5 Å². The van der Waals surface area contributed by atoms with Crippen LogP contribution in [0.1, 0.15) is 5.56 Å². The van der Waals surface area contributed by atoms with Crippen molar-refractivity contribution in [3.05, 3.63) is 29.8 Å². The van der Waals surface area contributed by atoms with Gasteiger partial charge in [0.05, 0.1) is 0 Å². The molecule has 0 fully saturated rings. The third kappa shape index (κ3) is 5.15. The lowest BCUT2D eigenvalue weighted by atomic mass is 10.2. The van der Waals surface area contributed by atoms with Gasteiger partial charge in [0.25, 0.3) is 6.43 Å². The zero-order valence-corrected chi connectivity index (χ0v) is 10.2. The molecule has 4 nitrogen and oxygen atoms in total. The molecular formula is C11H12F2N2O2S. The molecule has 0 saturated heterocycles. The second kappa shape index (κ2) is 6.97. The third-order valence-electron chi connectivity index (χ3n) is 1.93. The van der Waals surface area contributed by atoms with Gasteiger partial charge < -0.3 is 15.8 Å². The van der Waals surface area contributed by atoms with Crippen molar-refractivity contribution in [3.63, 3.8) is 0 Å². The van der Waals surface area contributed by atoms with E-state index in [4.69, 9.17) is 18.0 Å². The summed E-state index contributed by atoms with van der Waals surface area (Å²) in [6.45, 7) is -1.17. The van der Waals surface area contributed by atoms with Crippen molar-refractivity contribution in [1.29, 1.82) is 0 Å². The average Bonchev–Trinajstić information content (AvgIpc) is 2.29. The highest BCUT2D eigenvalue weighted by molar-refractivity contribution is 7.80. The van der Waals surface area contributed by atoms with Gasteiger partial charge in [-0.1, -0.05) is 12.2 Å². The number of alkyl halides is 2. The first-order chi connectivity index (χ1) is 8.49. The van der Waals surface area contributed by atoms with E-state index in [0.29, 0.717) is 11.3 Å². The van der Waals surface area contributed by atoms with Gasteiger partial charge >= 0.3 is 0 Å². The Morgan fingerprint density at radius 1 is 1.39 bits per heavy atom. The molecule has 1 aromatic rings. The van der Waals surface area contributed by atoms with Crippen LogP contribution < -0.4 is 11.1 Å². The predicted octanol–water partition coefficient (Wildman–Crippen LogP) is 1.54. The number of carbonyl (C=O) groups is 1. The molecular weight excluding hydrogens is 262 g/mol. The van der Waals surface area contributed by atoms with Crippen LogP contribution in [-0.2, 0) is 9.53 Å². The Kier molecular flexibility index (Phi) is 5.60. The lowest BCUT2D eigenvalue weighted by molar-refractivity contribution is -0.121. The van der Waals surface area contributed by atoms with Crippen LogP contribution in [0.5, 0.6) is 0 Å². The molecule has 0 radical (unpaired) electrons. The van der Waals surface area contributed by atoms with Gasteiger partial charge in [-0.15, -0.1) is 0 Å². The van der Waals surface area contributed by atoms with Gasteiger partial charge in [-0.05, 0) is 24.3 Å². The van der Waals surface area contributed by atoms with Crippen LogP contribution in [-0.4, -0.2) is 30.5 Å². The molecule has 0 heterocycles. The lowest BCUT2D eigenvalue weighted by Crippen LogP contribution is -2.20. The van der Waals surface area contributed by atoms with Gasteiger partial charge in [-0.3, -0.25) is 4.79 Å². The Balaban J connectivity index is 2.42. The van der Waals surface area contributed by atoms with Crippen molar-refractivity contribution in [2.24, 2.45) is 5.73 Å². The van der Waals surface area contributed by atoms with Crippen molar-refractivity contribution in [3.8, 4) is 0 Å². The number of carbonyl (C=O) groups excluding carboxylic acids is 1. The molecule has 1 aromatic carbocycles. The number of hydrogen-bond acceptors (Lipinski definition) is 3. The van der Waals surface area contributed by atoms with Crippen LogP contribution in [0.2, 0.25) is 0 Å². The molecule has 0 unspecified atom stereocenters. The van der Waals surface area contributed by atoms with Crippen LogP contribution in [0.3, 0.4) is 0 Å². The second-order valence-corrected chi connectivity index (χ2v) is 3.84. The minimum absolute atomic E-state index is 0.258. The zero-order chi connectivity index (χ0) is 13.5. The topological polar surface area (TPSA) is 64.3 Å². The summed E-state index contributed by atoms with van der Waals surface area (Å²) in [7, 11) is 0. The number of thiocarbonyl (C=S) groups is 1. The maximum atomic E-state index is 11.8. The summed E-state index contributed by atoms with van der Waals surface area (Å²) in [5, 5.41) is 2.49. The smallest absolute Gasteiger partial charge is 0.261 e. The van der Waals surface area contributed by atoms with Gasteiger partial charge in [-0.2, -0.15) is 0 Å². The maximum absolute atomic E-state index is 11.8. The van der Waals surface area contributed by atoms with Crippen LogP contribution >= 0.6 is 12.2 Å². The Hall–Kier alpha value is -1.60. The Bertz CT molecular complexity index is 424. The van der Waals surface area contributed by atoms with Gasteiger partial charge in [0.2, 0.25) is 5.91 Å². The molecule has 1 rings (SSSR count). The minimum Gasteiger partial charge on any atom is -0.389 e. The Morgan fingerprint density at radius 2 is 2.00 bits per heavy atom. The van der Waals surface area contributed by atoms with Gasteiger partial charge in [-0.25, -0.2) is 8.78 Å². The predicted molar refractivity (Wildman–Crippen MR) is 67.8 cm³/mol. The fraction of sp³-hybridized carbons (Fsp3) is 0.273. The molecule has 0 aromatic heterocycles. The molecule has 0 saturated carbocycles. The number of anilines is 1. The first-order valence-corrected chi connectivity index (χ1v) is 5.45. The van der Waals surface area contributed by atoms with Crippen molar-refractivity contribution in [2.45, 2.75) is 6.43 Å². The number of hydrogen-bond donors (Lipinski definition) is 2. The summed E-state index contributed by atoms with van der Waals surface area (Å²) in [5.41, 5.74) is 6.60. The Morgan fingerprint density at radius 3 is 2.50 bits per heavy atom. The van der Waals surface area contributed by atoms with Crippen molar-refractivity contribution >= 4 is 28.8 Å². The summed E-state index contributed by atoms with van der Waals surface area (Å²) < 4.78 is 28.0. The molecule has 1 amide bonds. The van der Waals surface area contributed by atoms with Crippen molar-refractivity contribution < 1.29 is 18.3 Å². The first-order valence-electron chi connectivity index (χ1n) is 5.04. The third-order valence-corrected chi connectivity index (χ3v) is 2.17. The number of benzene rings is 1. The largest absolute Gasteiger partial charge is 0.389 e. The van der Waals surface area contributed by atoms with E-state index < -0.39 is 25.5 Å². The van der Waals surface area contributed by atoms with E-state index in [-0.39, 0.29) is 4.99 Å². The molecule has 0 atom stereocenters. The Labute approximate surface area is 108 Å². The molecule has 18 heavy (non-hydrogen) atoms. The highest BCUT2D eigenvalue weighted by Gasteiger charge is 2.06. The van der Waals surface area contributed by atoms with E-state index in [0.717, 1.165) is 0 Å². The molecule has 3 N–H and O–H groups in total. The van der Waals surface area contributed by atoms with Gasteiger partial charge in [0.15, 0.2) is 0 Å².